The van der Waals surface area contributed by atoms with Gasteiger partial charge in [0.1, 0.15) is 11.9 Å². The van der Waals surface area contributed by atoms with E-state index >= 15 is 0 Å². The van der Waals surface area contributed by atoms with E-state index in [1.54, 1.807) is 6.08 Å². The van der Waals surface area contributed by atoms with Gasteiger partial charge in [0, 0.05) is 17.9 Å². The predicted octanol–water partition coefficient (Wildman–Crippen LogP) is 3.44. The summed E-state index contributed by atoms with van der Waals surface area (Å²) in [7, 11) is 0. The maximum absolute atomic E-state index is 12.5. The minimum absolute atomic E-state index is 0.0983. The molecule has 3 atom stereocenters. The van der Waals surface area contributed by atoms with Crippen LogP contribution in [0.1, 0.15) is 39.0 Å². The molecule has 0 aromatic rings. The first-order chi connectivity index (χ1) is 9.16. The Bertz CT molecular complexity index is 484. The monoisotopic (exact) mass is 260 g/mol. The average Bonchev–Trinajstić information content (AvgIpc) is 2.43. The molecule has 1 aliphatic heterocycles. The summed E-state index contributed by atoms with van der Waals surface area (Å²) >= 11 is 0. The van der Waals surface area contributed by atoms with E-state index in [0.29, 0.717) is 24.5 Å². The Kier molecular flexibility index (Phi) is 3.21. The van der Waals surface area contributed by atoms with Gasteiger partial charge in [-0.1, -0.05) is 12.2 Å². The fourth-order valence-electron chi connectivity index (χ4n) is 3.33. The van der Waals surface area contributed by atoms with Crippen LogP contribution in [0.25, 0.3) is 0 Å². The molecule has 0 bridgehead atoms. The molecule has 19 heavy (non-hydrogen) atoms. The lowest BCUT2D eigenvalue weighted by Gasteiger charge is -2.37. The van der Waals surface area contributed by atoms with Crippen molar-refractivity contribution in [3.05, 3.63) is 35.3 Å². The van der Waals surface area contributed by atoms with Crippen LogP contribution < -0.4 is 0 Å². The van der Waals surface area contributed by atoms with E-state index in [4.69, 9.17) is 4.74 Å². The highest BCUT2D eigenvalue weighted by molar-refractivity contribution is 5.98. The molecular formula is C16H20O3. The Balaban J connectivity index is 1.87. The number of carbonyl (C=O) groups is 1. The number of carbonyl (C=O) groups excluding carboxylic acids is 1. The molecule has 3 heteroatoms. The highest BCUT2D eigenvalue weighted by Crippen LogP contribution is 2.39. The van der Waals surface area contributed by atoms with E-state index in [1.807, 2.05) is 6.92 Å². The molecule has 1 N–H and O–H groups in total. The van der Waals surface area contributed by atoms with Gasteiger partial charge in [-0.2, -0.15) is 0 Å². The Morgan fingerprint density at radius 3 is 2.89 bits per heavy atom. The topological polar surface area (TPSA) is 46.5 Å². The molecule has 2 aliphatic carbocycles. The van der Waals surface area contributed by atoms with E-state index < -0.39 is 0 Å². The highest BCUT2D eigenvalue weighted by Gasteiger charge is 2.40. The Morgan fingerprint density at radius 1 is 1.32 bits per heavy atom. The van der Waals surface area contributed by atoms with Gasteiger partial charge in [-0.25, -0.2) is 0 Å². The molecule has 3 rings (SSSR count). The molecule has 0 saturated carbocycles. The van der Waals surface area contributed by atoms with Crippen molar-refractivity contribution in [1.29, 1.82) is 0 Å². The molecule has 3 nitrogen and oxygen atoms in total. The fraction of sp³-hybridized carbons (Fsp3) is 0.562. The quantitative estimate of drug-likeness (QED) is 0.735. The molecule has 1 heterocycles. The number of Topliss-reactive ketones (excluding diaryl/α,β-unsaturated/α-hetero) is 1. The van der Waals surface area contributed by atoms with Crippen LogP contribution in [0.5, 0.6) is 0 Å². The van der Waals surface area contributed by atoms with Crippen LogP contribution in [0.4, 0.5) is 0 Å². The Hall–Kier alpha value is -1.51. The van der Waals surface area contributed by atoms with E-state index in [-0.39, 0.29) is 17.8 Å². The van der Waals surface area contributed by atoms with Gasteiger partial charge < -0.3 is 9.84 Å². The molecule has 0 fully saturated rings. The van der Waals surface area contributed by atoms with Crippen molar-refractivity contribution >= 4 is 5.78 Å². The second kappa shape index (κ2) is 4.87. The third-order valence-electron chi connectivity index (χ3n) is 4.46. The summed E-state index contributed by atoms with van der Waals surface area (Å²) in [5, 5.41) is 9.64. The van der Waals surface area contributed by atoms with Crippen molar-refractivity contribution in [2.75, 3.05) is 0 Å². The van der Waals surface area contributed by atoms with Crippen LogP contribution in [0, 0.1) is 11.8 Å². The van der Waals surface area contributed by atoms with E-state index in [2.05, 4.69) is 12.2 Å². The van der Waals surface area contributed by atoms with Crippen molar-refractivity contribution < 1.29 is 14.6 Å². The van der Waals surface area contributed by atoms with E-state index in [9.17, 15) is 9.90 Å². The van der Waals surface area contributed by atoms with Gasteiger partial charge in [0.2, 0.25) is 0 Å². The largest absolute Gasteiger partial charge is 0.513 e. The molecule has 0 amide bonds. The summed E-state index contributed by atoms with van der Waals surface area (Å²) in [6.45, 7) is 1.89. The third kappa shape index (κ3) is 2.22. The number of hydrogen-bond acceptors (Lipinski definition) is 3. The van der Waals surface area contributed by atoms with Crippen LogP contribution in [0.15, 0.2) is 35.3 Å². The second-order valence-corrected chi connectivity index (χ2v) is 5.73. The average molecular weight is 260 g/mol. The van der Waals surface area contributed by atoms with Crippen LogP contribution in [-0.4, -0.2) is 17.0 Å². The van der Waals surface area contributed by atoms with Gasteiger partial charge in [-0.15, -0.1) is 0 Å². The smallest absolute Gasteiger partial charge is 0.169 e. The molecule has 3 aliphatic rings. The molecule has 0 saturated heterocycles. The number of rotatable bonds is 1. The van der Waals surface area contributed by atoms with Gasteiger partial charge >= 0.3 is 0 Å². The van der Waals surface area contributed by atoms with Gasteiger partial charge in [0.05, 0.1) is 11.7 Å². The first-order valence-corrected chi connectivity index (χ1v) is 7.11. The first-order valence-electron chi connectivity index (χ1n) is 7.11. The molecule has 0 radical (unpaired) electrons. The summed E-state index contributed by atoms with van der Waals surface area (Å²) in [6.07, 6.45) is 10.1. The Morgan fingerprint density at radius 2 is 2.16 bits per heavy atom. The normalized spacial score (nSPS) is 34.7. The number of ether oxygens (including phenoxy) is 1. The first kappa shape index (κ1) is 12.5. The van der Waals surface area contributed by atoms with Crippen LogP contribution in [0.2, 0.25) is 0 Å². The fourth-order valence-corrected chi connectivity index (χ4v) is 3.33. The summed E-state index contributed by atoms with van der Waals surface area (Å²) in [5.41, 5.74) is 0.802. The van der Waals surface area contributed by atoms with Gasteiger partial charge in [-0.05, 0) is 38.7 Å². The number of fused-ring (bicyclic) bond motifs is 1. The van der Waals surface area contributed by atoms with E-state index in [0.717, 1.165) is 30.6 Å². The van der Waals surface area contributed by atoms with Gasteiger partial charge in [-0.3, -0.25) is 4.79 Å². The van der Waals surface area contributed by atoms with Crippen LogP contribution in [-0.2, 0) is 9.53 Å². The lowest BCUT2D eigenvalue weighted by atomic mass is 9.79. The predicted molar refractivity (Wildman–Crippen MR) is 72.5 cm³/mol. The summed E-state index contributed by atoms with van der Waals surface area (Å²) in [5.74, 6) is 1.69. The Labute approximate surface area is 113 Å². The lowest BCUT2D eigenvalue weighted by molar-refractivity contribution is -0.127. The van der Waals surface area contributed by atoms with Crippen molar-refractivity contribution in [3.8, 4) is 0 Å². The zero-order chi connectivity index (χ0) is 13.4. The SMILES string of the molecule is CC1=C(C2CC=CCC2)OC2CC(O)=CCC2C1=O. The van der Waals surface area contributed by atoms with Crippen LogP contribution in [0.3, 0.4) is 0 Å². The van der Waals surface area contributed by atoms with Crippen molar-refractivity contribution in [2.45, 2.75) is 45.1 Å². The lowest BCUT2D eigenvalue weighted by Crippen LogP contribution is -2.39. The number of ketones is 1. The maximum Gasteiger partial charge on any atom is 0.169 e. The maximum atomic E-state index is 12.5. The van der Waals surface area contributed by atoms with E-state index in [1.165, 1.54) is 0 Å². The van der Waals surface area contributed by atoms with Gasteiger partial charge in [0.25, 0.3) is 0 Å². The van der Waals surface area contributed by atoms with Gasteiger partial charge in [0.15, 0.2) is 5.78 Å². The zero-order valence-corrected chi connectivity index (χ0v) is 11.3. The minimum Gasteiger partial charge on any atom is -0.513 e. The van der Waals surface area contributed by atoms with Crippen molar-refractivity contribution in [3.63, 3.8) is 0 Å². The summed E-state index contributed by atoms with van der Waals surface area (Å²) in [6, 6.07) is 0. The zero-order valence-electron chi connectivity index (χ0n) is 11.3. The summed E-state index contributed by atoms with van der Waals surface area (Å²) in [4.78, 5) is 12.5. The standard InChI is InChI=1S/C16H20O3/c1-10-15(18)13-8-7-12(17)9-14(13)19-16(10)11-5-3-2-4-6-11/h2-3,7,11,13-14,17H,4-6,8-9H2,1H3. The van der Waals surface area contributed by atoms with Crippen LogP contribution >= 0.6 is 0 Å². The van der Waals surface area contributed by atoms with Crippen molar-refractivity contribution in [1.82, 2.24) is 0 Å². The van der Waals surface area contributed by atoms with Crippen molar-refractivity contribution in [2.24, 2.45) is 11.8 Å². The number of aliphatic hydroxyl groups is 1. The number of hydrogen-bond donors (Lipinski definition) is 1. The highest BCUT2D eigenvalue weighted by atomic mass is 16.5. The molecule has 3 unspecified atom stereocenters. The number of aliphatic hydroxyl groups excluding tert-OH is 1. The number of allylic oxidation sites excluding steroid dienone is 5. The second-order valence-electron chi connectivity index (χ2n) is 5.73. The summed E-state index contributed by atoms with van der Waals surface area (Å²) < 4.78 is 6.11. The third-order valence-corrected chi connectivity index (χ3v) is 4.46. The molecule has 0 aromatic carbocycles. The molecular weight excluding hydrogens is 240 g/mol. The molecule has 0 spiro atoms. The molecule has 102 valence electrons. The minimum atomic E-state index is -0.165. The molecule has 0 aromatic heterocycles.